The van der Waals surface area contributed by atoms with Crippen LogP contribution in [0.3, 0.4) is 0 Å². The lowest BCUT2D eigenvalue weighted by Crippen LogP contribution is -2.60. The number of alkyl halides is 1. The van der Waals surface area contributed by atoms with Gasteiger partial charge in [0.25, 0.3) is 23.3 Å². The summed E-state index contributed by atoms with van der Waals surface area (Å²) >= 11 is 0. The smallest absolute Gasteiger partial charge is 0.343 e. The van der Waals surface area contributed by atoms with Gasteiger partial charge in [0, 0.05) is 73.9 Å². The number of aliphatic imine (C=N–C) groups is 1. The molecule has 0 spiro atoms. The zero-order valence-corrected chi connectivity index (χ0v) is 54.8. The normalized spacial score (nSPS) is 24.7. The predicted octanol–water partition coefficient (Wildman–Crippen LogP) is -2.24. The van der Waals surface area contributed by atoms with Gasteiger partial charge in [0.2, 0.25) is 41.1 Å². The van der Waals surface area contributed by atoms with Crippen molar-refractivity contribution in [3.63, 3.8) is 0 Å². The molecular weight excluding hydrogens is 1300 g/mol. The number of aliphatic hydroxyl groups excluding tert-OH is 4. The van der Waals surface area contributed by atoms with Crippen LogP contribution >= 0.6 is 0 Å². The van der Waals surface area contributed by atoms with Gasteiger partial charge >= 0.3 is 5.97 Å². The molecule has 7 aliphatic rings. The van der Waals surface area contributed by atoms with E-state index < -0.39 is 182 Å². The number of fused-ring (bicyclic) bond motifs is 4. The van der Waals surface area contributed by atoms with Gasteiger partial charge in [0.15, 0.2) is 5.60 Å². The molecule has 9 amide bonds. The third-order valence-corrected chi connectivity index (χ3v) is 18.8. The summed E-state index contributed by atoms with van der Waals surface area (Å²) in [5.41, 5.74) is -1.69. The fourth-order valence-corrected chi connectivity index (χ4v) is 13.2. The monoisotopic (exact) mass is 1380 g/mol. The Bertz CT molecular complexity index is 3740. The number of allylic oxidation sites excluding steroid dienone is 3. The number of pyridine rings is 1. The average Bonchev–Trinajstić information content (AvgIpc) is 1.62. The van der Waals surface area contributed by atoms with Crippen molar-refractivity contribution in [2.75, 3.05) is 52.7 Å². The molecule has 0 bridgehead atoms. The first-order chi connectivity index (χ1) is 47.1. The number of cyclic esters (lactones) is 1. The number of benzene rings is 1. The molecule has 9 rings (SSSR count). The molecule has 12 N–H and O–H groups in total. The van der Waals surface area contributed by atoms with Gasteiger partial charge in [-0.1, -0.05) is 49.2 Å². The quantitative estimate of drug-likeness (QED) is 0.0159. The number of carbonyl (C=O) groups is 11. The second-order valence-electron chi connectivity index (χ2n) is 25.6. The van der Waals surface area contributed by atoms with Crippen molar-refractivity contribution >= 4 is 70.6 Å². The Labute approximate surface area is 566 Å². The van der Waals surface area contributed by atoms with E-state index in [9.17, 15) is 83.1 Å². The number of carbonyl (C=O) groups excluding carboxylic acids is 11. The maximum absolute atomic E-state index is 16.4. The number of unbranched alkanes of at least 4 members (excludes halogenated alkanes) is 2. The van der Waals surface area contributed by atoms with Gasteiger partial charge in [0.1, 0.15) is 61.5 Å². The van der Waals surface area contributed by atoms with Gasteiger partial charge in [-0.15, -0.1) is 0 Å². The van der Waals surface area contributed by atoms with Gasteiger partial charge in [-0.2, -0.15) is 0 Å². The number of hydrogen-bond acceptors (Lipinski definition) is 21. The van der Waals surface area contributed by atoms with Gasteiger partial charge in [-0.3, -0.25) is 62.6 Å². The molecule has 12 atom stereocenters. The topological polar surface area (TPSA) is 438 Å². The fraction of sp³-hybridized carbons (Fsp3) is 0.537. The van der Waals surface area contributed by atoms with Crippen molar-refractivity contribution < 1.29 is 101 Å². The molecule has 2 fully saturated rings. The summed E-state index contributed by atoms with van der Waals surface area (Å²) in [6, 6.07) is 7.01. The number of ketones is 1. The average molecular weight is 1390 g/mol. The molecule has 3 unspecified atom stereocenters. The second kappa shape index (κ2) is 32.3. The van der Waals surface area contributed by atoms with Crippen molar-refractivity contribution in [1.29, 1.82) is 0 Å². The number of esters is 1. The van der Waals surface area contributed by atoms with E-state index >= 15 is 8.78 Å². The van der Waals surface area contributed by atoms with E-state index in [-0.39, 0.29) is 93.8 Å². The third-order valence-electron chi connectivity index (χ3n) is 18.8. The zero-order valence-electron chi connectivity index (χ0n) is 54.8. The van der Waals surface area contributed by atoms with E-state index in [1.165, 1.54) is 16.7 Å². The molecule has 1 aromatic heterocycles. The summed E-state index contributed by atoms with van der Waals surface area (Å²) in [7, 11) is 0. The highest BCUT2D eigenvalue weighted by atomic mass is 19.1. The van der Waals surface area contributed by atoms with Gasteiger partial charge in [-0.05, 0) is 81.2 Å². The molecule has 534 valence electrons. The zero-order chi connectivity index (χ0) is 71.6. The number of nitrogens with zero attached hydrogens (tertiary/aromatic N) is 3. The number of dihydropyridines is 1. The van der Waals surface area contributed by atoms with E-state index in [2.05, 4.69) is 37.2 Å². The van der Waals surface area contributed by atoms with Crippen molar-refractivity contribution in [3.8, 4) is 0 Å². The first-order valence-electron chi connectivity index (χ1n) is 32.8. The molecule has 1 aromatic carbocycles. The maximum Gasteiger partial charge on any atom is 0.343 e. The number of Topliss-reactive ketones (excluding diaryl/α,β-unsaturated/α-hetero) is 1. The summed E-state index contributed by atoms with van der Waals surface area (Å²) in [4.78, 5) is 163. The summed E-state index contributed by atoms with van der Waals surface area (Å²) < 4.78 is 49.4. The Morgan fingerprint density at radius 1 is 0.848 bits per heavy atom. The Hall–Kier alpha value is -9.05. The highest BCUT2D eigenvalue weighted by Crippen LogP contribution is 2.50. The predicted molar refractivity (Wildman–Crippen MR) is 342 cm³/mol. The molecule has 30 nitrogen and oxygen atoms in total. The van der Waals surface area contributed by atoms with Gasteiger partial charge < -0.3 is 81.5 Å². The number of nitrogens with one attached hydrogen (secondary N) is 7. The number of amides is 9. The molecule has 0 radical (unpaired) electrons. The Morgan fingerprint density at radius 3 is 2.24 bits per heavy atom. The second-order valence-corrected chi connectivity index (χ2v) is 25.6. The molecule has 5 aliphatic heterocycles. The highest BCUT2D eigenvalue weighted by Gasteiger charge is 2.51. The van der Waals surface area contributed by atoms with Crippen LogP contribution in [-0.4, -0.2) is 213 Å². The number of aromatic nitrogens is 1. The van der Waals surface area contributed by atoms with E-state index in [1.807, 2.05) is 0 Å². The third kappa shape index (κ3) is 17.2. The first kappa shape index (κ1) is 74.2. The van der Waals surface area contributed by atoms with Crippen LogP contribution in [0.1, 0.15) is 107 Å². The molecule has 1 saturated heterocycles. The fourth-order valence-electron chi connectivity index (χ4n) is 13.2. The molecule has 6 heterocycles. The molecule has 99 heavy (non-hydrogen) atoms. The minimum Gasteiger partial charge on any atom is -0.458 e. The Kier molecular flexibility index (Phi) is 24.2. The first-order valence-corrected chi connectivity index (χ1v) is 32.8. The molecular formula is C67H82F2N10O20. The molecule has 2 aromatic rings. The molecule has 1 saturated carbocycles. The number of hydrogen-bond donors (Lipinski definition) is 12. The summed E-state index contributed by atoms with van der Waals surface area (Å²) in [6.45, 7) is -0.668. The van der Waals surface area contributed by atoms with Crippen LogP contribution in [0.4, 0.5) is 8.78 Å². The van der Waals surface area contributed by atoms with Crippen LogP contribution in [-0.2, 0) is 92.1 Å². The van der Waals surface area contributed by atoms with Crippen molar-refractivity contribution in [2.45, 2.75) is 164 Å². The van der Waals surface area contributed by atoms with Crippen LogP contribution in [0.2, 0.25) is 0 Å². The van der Waals surface area contributed by atoms with Crippen LogP contribution in [0.5, 0.6) is 0 Å². The van der Waals surface area contributed by atoms with E-state index in [0.717, 1.165) is 29.5 Å². The maximum atomic E-state index is 16.4. The summed E-state index contributed by atoms with van der Waals surface area (Å²) in [6.07, 6.45) is -3.10. The van der Waals surface area contributed by atoms with Crippen LogP contribution in [0.15, 0.2) is 92.5 Å². The van der Waals surface area contributed by atoms with E-state index in [1.54, 1.807) is 44.2 Å². The Balaban J connectivity index is 0.739. The number of aliphatic hydroxyl groups is 5. The largest absolute Gasteiger partial charge is 0.458 e. The lowest BCUT2D eigenvalue weighted by Gasteiger charge is -2.43. The molecule has 32 heteroatoms. The Morgan fingerprint density at radius 2 is 1.54 bits per heavy atom. The van der Waals surface area contributed by atoms with Crippen molar-refractivity contribution in [3.05, 3.63) is 115 Å². The summed E-state index contributed by atoms with van der Waals surface area (Å²) in [5.74, 6) is -10.3. The van der Waals surface area contributed by atoms with E-state index in [4.69, 9.17) is 19.2 Å². The minimum atomic E-state index is -2.70. The number of halogens is 2. The lowest BCUT2D eigenvalue weighted by molar-refractivity contribution is -0.227. The lowest BCUT2D eigenvalue weighted by atomic mass is 9.66. The van der Waals surface area contributed by atoms with Crippen LogP contribution in [0, 0.1) is 11.8 Å². The van der Waals surface area contributed by atoms with E-state index in [0.29, 0.717) is 53.7 Å². The SMILES string of the molecule is CC[C@@]1(O)C(=O)OCc2c1cc1n(c2=O)CC2=C3C4C(=C(C)C(F)=CC4N=C21)CC[C@@H]3NC(=O)C(C)(F)COCNC(=O)CNC(=O)[C@H](Cc1ccccc1)NC(=O)CNC(=O)CNC(=O)[C@H](CCC(=O)NC[C@@H]1O[C@H](CO)[C@@H](O)[C@H](O)[C@H]1O)CC(=O)CCCCCN1C(=O)C=CC1=O. The molecule has 2 aliphatic carbocycles. The minimum absolute atomic E-state index is 0.00339. The van der Waals surface area contributed by atoms with Crippen LogP contribution < -0.4 is 42.8 Å². The highest BCUT2D eigenvalue weighted by molar-refractivity contribution is 6.15. The van der Waals surface area contributed by atoms with Crippen LogP contribution in [0.25, 0.3) is 0 Å². The number of ether oxygens (including phenoxy) is 3. The number of rotatable bonds is 32. The van der Waals surface area contributed by atoms with Crippen molar-refractivity contribution in [1.82, 2.24) is 46.7 Å². The van der Waals surface area contributed by atoms with Gasteiger partial charge in [-0.25, -0.2) is 13.6 Å². The number of imide groups is 1. The summed E-state index contributed by atoms with van der Waals surface area (Å²) in [5, 5.41) is 68.9. The van der Waals surface area contributed by atoms with Crippen molar-refractivity contribution in [2.24, 2.45) is 16.8 Å². The standard InChI is InChI=1S/C67H82F2N10O20/c1-4-67(96)41-23-46-57-39(29-79(46)63(93)40(41)31-98-65(67)95)56-43(16-15-38-34(2)42(68)24-44(76-57)55(38)56)77-64(94)66(3,69)32-97-33-74-51(84)27-73-62(92)45(21-35-11-7-5-8-12-35)75-52(85)28-71-50(83)26-72-61(91)36(22-37(81)13-9-6-10-20-78-53(86)18-19-54(78)87)14-17-49(82)70-25-47-58(88)60(90)59(89)48(30-80)99-47/h5,7-8,11-12,18-19,23-24,36,43-45,47-48,55,58-60,80,88-90,96H,4,6,9-10,13-17,20-22,25-33H2,1-3H3,(H,70,82)(H,71,83)(H,72,91)(H,73,92)(H,74,84)(H,75,85)(H,77,94)/t36-,43+,44?,45+,47+,48-,55?,58+,59-,60-,66?,67+/m1/s1. The van der Waals surface area contributed by atoms with Gasteiger partial charge in [0.05, 0.1) is 68.4 Å².